The molecule has 0 saturated carbocycles. The van der Waals surface area contributed by atoms with Crippen molar-refractivity contribution in [2.24, 2.45) is 5.92 Å². The first-order valence-electron chi connectivity index (χ1n) is 9.98. The fraction of sp³-hybridized carbons (Fsp3) is 0.348. The molecule has 1 aromatic heterocycles. The summed E-state index contributed by atoms with van der Waals surface area (Å²) < 4.78 is 29.2. The number of benzene rings is 2. The smallest absolute Gasteiger partial charge is 0.151 e. The van der Waals surface area contributed by atoms with Crippen molar-refractivity contribution >= 4 is 0 Å². The Morgan fingerprint density at radius 1 is 1.17 bits per heavy atom. The second-order valence-corrected chi connectivity index (χ2v) is 7.78. The molecular formula is C23H25F2N3O. The molecule has 1 N–H and O–H groups in total. The third-order valence-corrected chi connectivity index (χ3v) is 5.60. The molecule has 0 unspecified atom stereocenters. The van der Waals surface area contributed by atoms with E-state index < -0.39 is 11.6 Å². The van der Waals surface area contributed by atoms with Crippen LogP contribution in [-0.4, -0.2) is 39.5 Å². The molecule has 3 aromatic rings. The number of hydrogen-bond acceptors (Lipinski definition) is 3. The zero-order chi connectivity index (χ0) is 20.4. The molecular weight excluding hydrogens is 372 g/mol. The van der Waals surface area contributed by atoms with Crippen molar-refractivity contribution in [2.75, 3.05) is 19.7 Å². The number of halogens is 2. The van der Waals surface area contributed by atoms with Gasteiger partial charge in [0.15, 0.2) is 5.82 Å². The molecule has 0 radical (unpaired) electrons. The fourth-order valence-electron chi connectivity index (χ4n) is 4.07. The third kappa shape index (κ3) is 4.23. The van der Waals surface area contributed by atoms with Crippen molar-refractivity contribution < 1.29 is 13.9 Å². The maximum Gasteiger partial charge on any atom is 0.151 e. The minimum Gasteiger partial charge on any atom is -0.396 e. The van der Waals surface area contributed by atoms with Gasteiger partial charge in [0.2, 0.25) is 0 Å². The van der Waals surface area contributed by atoms with Gasteiger partial charge in [-0.15, -0.1) is 0 Å². The summed E-state index contributed by atoms with van der Waals surface area (Å²) in [4.78, 5) is 2.31. The maximum absolute atomic E-state index is 14.4. The first kappa shape index (κ1) is 19.7. The van der Waals surface area contributed by atoms with Gasteiger partial charge in [-0.3, -0.25) is 4.90 Å². The first-order chi connectivity index (χ1) is 14.0. The Morgan fingerprint density at radius 2 is 2.00 bits per heavy atom. The lowest BCUT2D eigenvalue weighted by Gasteiger charge is -2.31. The molecule has 152 valence electrons. The lowest BCUT2D eigenvalue weighted by Crippen LogP contribution is -2.36. The number of aryl methyl sites for hydroxylation is 1. The Bertz CT molecular complexity index is 1000. The zero-order valence-electron chi connectivity index (χ0n) is 16.5. The summed E-state index contributed by atoms with van der Waals surface area (Å²) in [6.07, 6.45) is 3.92. The number of aliphatic hydroxyl groups excluding tert-OH is 1. The van der Waals surface area contributed by atoms with Crippen molar-refractivity contribution in [2.45, 2.75) is 26.3 Å². The van der Waals surface area contributed by atoms with E-state index in [-0.39, 0.29) is 18.2 Å². The average Bonchev–Trinajstić information content (AvgIpc) is 3.11. The molecule has 6 heteroatoms. The number of likely N-dealkylation sites (tertiary alicyclic amines) is 1. The number of nitrogens with zero attached hydrogens (tertiary/aromatic N) is 3. The van der Waals surface area contributed by atoms with E-state index in [1.807, 2.05) is 37.4 Å². The van der Waals surface area contributed by atoms with E-state index in [4.69, 9.17) is 0 Å². The summed E-state index contributed by atoms with van der Waals surface area (Å²) >= 11 is 0. The Labute approximate surface area is 169 Å². The molecule has 4 rings (SSSR count). The standard InChI is InChI=1S/C23H25F2N3O/c1-16-5-2-3-7-20(16)23-18(13-27-10-4-6-17(12-27)15-29)14-28(26-23)22-9-8-19(24)11-21(22)25/h2-3,5,7-9,11,14,17,29H,4,6,10,12-13,15H2,1H3/t17-/m1/s1. The van der Waals surface area contributed by atoms with Gasteiger partial charge < -0.3 is 5.11 Å². The molecule has 1 aliphatic rings. The molecule has 0 spiro atoms. The van der Waals surface area contributed by atoms with E-state index in [0.29, 0.717) is 6.54 Å². The van der Waals surface area contributed by atoms with E-state index in [1.54, 1.807) is 0 Å². The van der Waals surface area contributed by atoms with Crippen LogP contribution in [0.4, 0.5) is 8.78 Å². The molecule has 1 atom stereocenters. The second kappa shape index (κ2) is 8.43. The summed E-state index contributed by atoms with van der Waals surface area (Å²) in [5.74, 6) is -0.968. The Balaban J connectivity index is 1.74. The van der Waals surface area contributed by atoms with Gasteiger partial charge in [-0.2, -0.15) is 5.10 Å². The molecule has 0 bridgehead atoms. The van der Waals surface area contributed by atoms with Crippen LogP contribution < -0.4 is 0 Å². The molecule has 29 heavy (non-hydrogen) atoms. The monoisotopic (exact) mass is 397 g/mol. The van der Waals surface area contributed by atoms with E-state index in [9.17, 15) is 13.9 Å². The van der Waals surface area contributed by atoms with Crippen molar-refractivity contribution in [3.05, 3.63) is 71.4 Å². The van der Waals surface area contributed by atoms with Crippen LogP contribution in [0, 0.1) is 24.5 Å². The lowest BCUT2D eigenvalue weighted by molar-refractivity contribution is 0.116. The second-order valence-electron chi connectivity index (χ2n) is 7.78. The molecule has 4 nitrogen and oxygen atoms in total. The maximum atomic E-state index is 14.4. The van der Waals surface area contributed by atoms with Crippen LogP contribution in [-0.2, 0) is 6.54 Å². The van der Waals surface area contributed by atoms with Crippen LogP contribution in [0.15, 0.2) is 48.7 Å². The van der Waals surface area contributed by atoms with Crippen molar-refractivity contribution in [3.63, 3.8) is 0 Å². The van der Waals surface area contributed by atoms with Gasteiger partial charge in [0.25, 0.3) is 0 Å². The van der Waals surface area contributed by atoms with Gasteiger partial charge in [-0.05, 0) is 49.9 Å². The molecule has 2 aromatic carbocycles. The van der Waals surface area contributed by atoms with E-state index >= 15 is 0 Å². The lowest BCUT2D eigenvalue weighted by atomic mass is 9.98. The summed E-state index contributed by atoms with van der Waals surface area (Å²) in [5, 5.41) is 14.2. The SMILES string of the molecule is Cc1ccccc1-c1nn(-c2ccc(F)cc2F)cc1CN1CCC[C@@H](CO)C1. The molecule has 2 heterocycles. The van der Waals surface area contributed by atoms with Crippen molar-refractivity contribution in [1.82, 2.24) is 14.7 Å². The number of aromatic nitrogens is 2. The van der Waals surface area contributed by atoms with Crippen LogP contribution in [0.25, 0.3) is 16.9 Å². The summed E-state index contributed by atoms with van der Waals surface area (Å²) in [6.45, 7) is 4.68. The molecule has 1 fully saturated rings. The predicted molar refractivity (Wildman–Crippen MR) is 109 cm³/mol. The van der Waals surface area contributed by atoms with Gasteiger partial charge in [-0.25, -0.2) is 13.5 Å². The van der Waals surface area contributed by atoms with Crippen LogP contribution >= 0.6 is 0 Å². The van der Waals surface area contributed by atoms with Gasteiger partial charge >= 0.3 is 0 Å². The van der Waals surface area contributed by atoms with Gasteiger partial charge in [-0.1, -0.05) is 24.3 Å². The largest absolute Gasteiger partial charge is 0.396 e. The summed E-state index contributed by atoms with van der Waals surface area (Å²) in [7, 11) is 0. The number of hydrogen-bond donors (Lipinski definition) is 1. The highest BCUT2D eigenvalue weighted by Crippen LogP contribution is 2.29. The Hall–Kier alpha value is -2.57. The van der Waals surface area contributed by atoms with Gasteiger partial charge in [0.1, 0.15) is 11.5 Å². The normalized spacial score (nSPS) is 17.6. The average molecular weight is 397 g/mol. The molecule has 0 aliphatic carbocycles. The van der Waals surface area contributed by atoms with E-state index in [0.717, 1.165) is 54.4 Å². The first-order valence-corrected chi connectivity index (χ1v) is 9.98. The zero-order valence-corrected chi connectivity index (χ0v) is 16.5. The summed E-state index contributed by atoms with van der Waals surface area (Å²) in [6, 6.07) is 11.5. The molecule has 1 aliphatic heterocycles. The highest BCUT2D eigenvalue weighted by molar-refractivity contribution is 5.66. The highest BCUT2D eigenvalue weighted by Gasteiger charge is 2.22. The van der Waals surface area contributed by atoms with Crippen LogP contribution in [0.1, 0.15) is 24.0 Å². The van der Waals surface area contributed by atoms with Crippen molar-refractivity contribution in [3.8, 4) is 16.9 Å². The van der Waals surface area contributed by atoms with E-state index in [2.05, 4.69) is 10.00 Å². The minimum absolute atomic E-state index is 0.196. The number of piperidine rings is 1. The number of rotatable bonds is 5. The molecule has 0 amide bonds. The van der Waals surface area contributed by atoms with Gasteiger partial charge in [0, 0.05) is 43.1 Å². The van der Waals surface area contributed by atoms with Crippen molar-refractivity contribution in [1.29, 1.82) is 0 Å². The van der Waals surface area contributed by atoms with E-state index in [1.165, 1.54) is 16.8 Å². The van der Waals surface area contributed by atoms with Crippen LogP contribution in [0.2, 0.25) is 0 Å². The van der Waals surface area contributed by atoms with Crippen LogP contribution in [0.3, 0.4) is 0 Å². The molecule has 1 saturated heterocycles. The Kier molecular flexibility index (Phi) is 5.74. The minimum atomic E-state index is -0.645. The summed E-state index contributed by atoms with van der Waals surface area (Å²) in [5.41, 5.74) is 4.10. The predicted octanol–water partition coefficient (Wildman–Crippen LogP) is 4.33. The van der Waals surface area contributed by atoms with Gasteiger partial charge in [0.05, 0.1) is 5.69 Å². The third-order valence-electron chi connectivity index (χ3n) is 5.60. The van der Waals surface area contributed by atoms with Crippen LogP contribution in [0.5, 0.6) is 0 Å². The number of aliphatic hydroxyl groups is 1. The quantitative estimate of drug-likeness (QED) is 0.697. The fourth-order valence-corrected chi connectivity index (χ4v) is 4.07. The highest BCUT2D eigenvalue weighted by atomic mass is 19.1. The Morgan fingerprint density at radius 3 is 2.76 bits per heavy atom. The topological polar surface area (TPSA) is 41.3 Å².